The lowest BCUT2D eigenvalue weighted by Gasteiger charge is -2.16. The monoisotopic (exact) mass is 383 g/mol. The summed E-state index contributed by atoms with van der Waals surface area (Å²) in [6.45, 7) is 1.99. The molecule has 0 aliphatic carbocycles. The Bertz CT molecular complexity index is 805. The van der Waals surface area contributed by atoms with Gasteiger partial charge in [-0.25, -0.2) is 0 Å². The van der Waals surface area contributed by atoms with Crippen LogP contribution in [0.1, 0.15) is 22.5 Å². The van der Waals surface area contributed by atoms with Crippen LogP contribution in [0.3, 0.4) is 0 Å². The number of hydrogen-bond acceptors (Lipinski definition) is 5. The van der Waals surface area contributed by atoms with Gasteiger partial charge in [-0.1, -0.05) is 29.8 Å². The molecule has 0 saturated heterocycles. The number of non-ortho nitro benzene ring substituents is 1. The largest absolute Gasteiger partial charge is 0.376 e. The normalized spacial score (nSPS) is 12.8. The number of nitro groups is 1. The maximum atomic E-state index is 11.4. The van der Waals surface area contributed by atoms with E-state index in [1.54, 1.807) is 0 Å². The molecule has 0 spiro atoms. The van der Waals surface area contributed by atoms with E-state index in [9.17, 15) is 29.6 Å². The highest BCUT2D eigenvalue weighted by Crippen LogP contribution is 2.52. The molecule has 7 nitrogen and oxygen atoms in total. The Morgan fingerprint density at radius 2 is 1.84 bits per heavy atom. The highest BCUT2D eigenvalue weighted by atomic mass is 32.2. The number of aliphatic hydroxyl groups excluding tert-OH is 1. The maximum absolute atomic E-state index is 11.4. The molecule has 25 heavy (non-hydrogen) atoms. The Balaban J connectivity index is 2.19. The van der Waals surface area contributed by atoms with Crippen molar-refractivity contribution in [1.29, 1.82) is 0 Å². The SMILES string of the molecule is Cc1ccc(CCSc2ccc([N+](=O)[O-])cc2C(O)P(=O)(O)O)cc1. The first kappa shape index (κ1) is 19.6. The predicted octanol–water partition coefficient (Wildman–Crippen LogP) is 3.41. The summed E-state index contributed by atoms with van der Waals surface area (Å²) in [6, 6.07) is 11.7. The van der Waals surface area contributed by atoms with Crippen molar-refractivity contribution in [3.8, 4) is 0 Å². The zero-order valence-electron chi connectivity index (χ0n) is 13.4. The van der Waals surface area contributed by atoms with Crippen LogP contribution in [0.4, 0.5) is 5.69 Å². The molecule has 1 unspecified atom stereocenters. The Hall–Kier alpha value is -1.70. The van der Waals surface area contributed by atoms with E-state index in [1.165, 1.54) is 23.9 Å². The van der Waals surface area contributed by atoms with E-state index in [-0.39, 0.29) is 11.3 Å². The summed E-state index contributed by atoms with van der Waals surface area (Å²) in [7, 11) is -4.83. The first-order valence-corrected chi connectivity index (χ1v) is 10.0. The highest BCUT2D eigenvalue weighted by molar-refractivity contribution is 7.99. The molecule has 9 heteroatoms. The molecular weight excluding hydrogens is 365 g/mol. The van der Waals surface area contributed by atoms with E-state index in [2.05, 4.69) is 0 Å². The first-order valence-electron chi connectivity index (χ1n) is 7.38. The Morgan fingerprint density at radius 3 is 2.40 bits per heavy atom. The molecule has 2 aromatic rings. The van der Waals surface area contributed by atoms with Crippen LogP contribution in [-0.2, 0) is 11.0 Å². The van der Waals surface area contributed by atoms with E-state index in [1.807, 2.05) is 31.2 Å². The second-order valence-corrected chi connectivity index (χ2v) is 8.33. The molecule has 0 heterocycles. The van der Waals surface area contributed by atoms with Gasteiger partial charge in [-0.2, -0.15) is 0 Å². The fourth-order valence-electron chi connectivity index (χ4n) is 2.20. The lowest BCUT2D eigenvalue weighted by molar-refractivity contribution is -0.385. The van der Waals surface area contributed by atoms with Crippen LogP contribution in [0.2, 0.25) is 0 Å². The lowest BCUT2D eigenvalue weighted by Crippen LogP contribution is -2.02. The van der Waals surface area contributed by atoms with E-state index in [0.29, 0.717) is 17.1 Å². The summed E-state index contributed by atoms with van der Waals surface area (Å²) in [5.74, 6) is -1.49. The molecule has 0 amide bonds. The number of nitrogens with zero attached hydrogens (tertiary/aromatic N) is 1. The quantitative estimate of drug-likeness (QED) is 0.290. The van der Waals surface area contributed by atoms with Crippen LogP contribution < -0.4 is 0 Å². The molecule has 0 saturated carbocycles. The molecule has 134 valence electrons. The lowest BCUT2D eigenvalue weighted by atomic mass is 10.1. The Morgan fingerprint density at radius 1 is 1.20 bits per heavy atom. The van der Waals surface area contributed by atoms with Crippen molar-refractivity contribution in [2.24, 2.45) is 0 Å². The first-order chi connectivity index (χ1) is 11.7. The summed E-state index contributed by atoms with van der Waals surface area (Å²) in [6.07, 6.45) is 0.716. The van der Waals surface area contributed by atoms with Gasteiger partial charge in [0.1, 0.15) is 0 Å². The topological polar surface area (TPSA) is 121 Å². The average molecular weight is 383 g/mol. The van der Waals surface area contributed by atoms with Crippen molar-refractivity contribution in [2.75, 3.05) is 5.75 Å². The van der Waals surface area contributed by atoms with Gasteiger partial charge in [0.2, 0.25) is 0 Å². The van der Waals surface area contributed by atoms with Gasteiger partial charge in [0.05, 0.1) is 4.92 Å². The zero-order valence-corrected chi connectivity index (χ0v) is 15.1. The summed E-state index contributed by atoms with van der Waals surface area (Å²) in [5.41, 5.74) is 1.80. The van der Waals surface area contributed by atoms with E-state index >= 15 is 0 Å². The molecular formula is C16H18NO6PS. The number of rotatable bonds is 7. The number of nitro benzene ring substituents is 1. The van der Waals surface area contributed by atoms with Crippen LogP contribution in [0.25, 0.3) is 0 Å². The third-order valence-electron chi connectivity index (χ3n) is 3.57. The Labute approximate surface area is 149 Å². The fraction of sp³-hybridized carbons (Fsp3) is 0.250. The molecule has 0 radical (unpaired) electrons. The van der Waals surface area contributed by atoms with Gasteiger partial charge in [-0.15, -0.1) is 11.8 Å². The van der Waals surface area contributed by atoms with Gasteiger partial charge in [0.25, 0.3) is 5.69 Å². The number of aryl methyl sites for hydroxylation is 2. The van der Waals surface area contributed by atoms with Crippen molar-refractivity contribution < 1.29 is 24.4 Å². The Kier molecular flexibility index (Phi) is 6.37. The third kappa shape index (κ3) is 5.39. The summed E-state index contributed by atoms with van der Waals surface area (Å²) < 4.78 is 11.4. The minimum Gasteiger partial charge on any atom is -0.376 e. The fourth-order valence-corrected chi connectivity index (χ4v) is 3.92. The van der Waals surface area contributed by atoms with Crippen LogP contribution in [0, 0.1) is 17.0 Å². The minimum absolute atomic E-state index is 0.128. The molecule has 0 aromatic heterocycles. The van der Waals surface area contributed by atoms with Crippen LogP contribution in [-0.4, -0.2) is 25.6 Å². The maximum Gasteiger partial charge on any atom is 0.358 e. The number of thioether (sulfide) groups is 1. The van der Waals surface area contributed by atoms with Gasteiger partial charge < -0.3 is 14.9 Å². The van der Waals surface area contributed by atoms with Crippen LogP contribution in [0.15, 0.2) is 47.4 Å². The zero-order chi connectivity index (χ0) is 18.6. The summed E-state index contributed by atoms with van der Waals surface area (Å²) in [4.78, 5) is 29.0. The van der Waals surface area contributed by atoms with Gasteiger partial charge in [0.15, 0.2) is 5.85 Å². The molecule has 0 bridgehead atoms. The smallest absolute Gasteiger partial charge is 0.358 e. The summed E-state index contributed by atoms with van der Waals surface area (Å²) in [5, 5.41) is 20.8. The van der Waals surface area contributed by atoms with Gasteiger partial charge in [0, 0.05) is 28.3 Å². The predicted molar refractivity (Wildman–Crippen MR) is 95.7 cm³/mol. The number of hydrogen-bond donors (Lipinski definition) is 3. The third-order valence-corrected chi connectivity index (χ3v) is 5.58. The number of aliphatic hydroxyl groups is 1. The van der Waals surface area contributed by atoms with Crippen molar-refractivity contribution in [3.05, 3.63) is 69.3 Å². The molecule has 1 atom stereocenters. The second kappa shape index (κ2) is 8.12. The number of benzene rings is 2. The van der Waals surface area contributed by atoms with Gasteiger partial charge >= 0.3 is 7.60 Å². The molecule has 0 aliphatic rings. The molecule has 2 rings (SSSR count). The van der Waals surface area contributed by atoms with Gasteiger partial charge in [-0.3, -0.25) is 14.7 Å². The molecule has 0 fully saturated rings. The molecule has 2 aromatic carbocycles. The van der Waals surface area contributed by atoms with Crippen molar-refractivity contribution in [2.45, 2.75) is 24.1 Å². The van der Waals surface area contributed by atoms with Crippen LogP contribution in [0.5, 0.6) is 0 Å². The molecule has 0 aliphatic heterocycles. The summed E-state index contributed by atoms with van der Waals surface area (Å²) >= 11 is 1.29. The van der Waals surface area contributed by atoms with Crippen molar-refractivity contribution >= 4 is 25.0 Å². The minimum atomic E-state index is -4.83. The second-order valence-electron chi connectivity index (χ2n) is 5.53. The van der Waals surface area contributed by atoms with E-state index < -0.39 is 18.4 Å². The standard InChI is InChI=1S/C16H18NO6PS/c1-11-2-4-12(5-3-11)8-9-25-15-7-6-13(17(19)20)10-14(15)16(18)24(21,22)23/h2-7,10,16,18H,8-9H2,1H3,(H2,21,22,23). The average Bonchev–Trinajstić information content (AvgIpc) is 2.55. The molecule has 3 N–H and O–H groups in total. The van der Waals surface area contributed by atoms with Crippen molar-refractivity contribution in [1.82, 2.24) is 0 Å². The van der Waals surface area contributed by atoms with Crippen LogP contribution >= 0.6 is 19.4 Å². The van der Waals surface area contributed by atoms with E-state index in [0.717, 1.165) is 17.2 Å². The van der Waals surface area contributed by atoms with Crippen molar-refractivity contribution in [3.63, 3.8) is 0 Å². The van der Waals surface area contributed by atoms with E-state index in [4.69, 9.17) is 0 Å². The van der Waals surface area contributed by atoms with Gasteiger partial charge in [-0.05, 0) is 25.0 Å². The highest BCUT2D eigenvalue weighted by Gasteiger charge is 2.31.